The largest absolute Gasteiger partial charge is 0.389 e. The second kappa shape index (κ2) is 5.46. The molecule has 19 heavy (non-hydrogen) atoms. The van der Waals surface area contributed by atoms with Crippen LogP contribution < -0.4 is 11.1 Å². The summed E-state index contributed by atoms with van der Waals surface area (Å²) in [5.41, 5.74) is 5.99. The third-order valence-corrected chi connectivity index (χ3v) is 3.67. The van der Waals surface area contributed by atoms with Crippen LogP contribution >= 0.6 is 23.6 Å². The summed E-state index contributed by atoms with van der Waals surface area (Å²) in [4.78, 5) is 13.5. The maximum atomic E-state index is 13.4. The van der Waals surface area contributed by atoms with E-state index in [0.717, 1.165) is 4.88 Å². The number of nitrogens with two attached hydrogens (primary N) is 1. The molecule has 6 heteroatoms. The number of rotatable bonds is 3. The van der Waals surface area contributed by atoms with Crippen LogP contribution in [0.1, 0.15) is 20.1 Å². The Labute approximate surface area is 119 Å². The van der Waals surface area contributed by atoms with E-state index in [1.807, 2.05) is 13.0 Å². The fourth-order valence-corrected chi connectivity index (χ4v) is 2.46. The van der Waals surface area contributed by atoms with E-state index in [4.69, 9.17) is 18.0 Å². The summed E-state index contributed by atoms with van der Waals surface area (Å²) in [5.74, 6) is -0.740. The molecule has 0 fully saturated rings. The van der Waals surface area contributed by atoms with Crippen molar-refractivity contribution >= 4 is 40.1 Å². The lowest BCUT2D eigenvalue weighted by Crippen LogP contribution is -2.14. The lowest BCUT2D eigenvalue weighted by atomic mass is 10.2. The molecule has 0 unspecified atom stereocenters. The summed E-state index contributed by atoms with van der Waals surface area (Å²) in [6.45, 7) is 1.92. The fraction of sp³-hybridized carbons (Fsp3) is 0.0769. The number of nitrogens with one attached hydrogen (secondary N) is 1. The fourth-order valence-electron chi connectivity index (χ4n) is 1.54. The number of halogens is 1. The van der Waals surface area contributed by atoms with Crippen molar-refractivity contribution in [3.63, 3.8) is 0 Å². The molecule has 1 aromatic carbocycles. The molecule has 0 aliphatic carbocycles. The molecule has 0 bridgehead atoms. The molecular weight excluding hydrogens is 283 g/mol. The number of benzene rings is 1. The molecule has 0 atom stereocenters. The van der Waals surface area contributed by atoms with E-state index in [1.54, 1.807) is 6.07 Å². The van der Waals surface area contributed by atoms with Gasteiger partial charge in [-0.2, -0.15) is 0 Å². The molecule has 2 aromatic rings. The molecule has 1 heterocycles. The van der Waals surface area contributed by atoms with Crippen molar-refractivity contribution < 1.29 is 9.18 Å². The number of carbonyl (C=O) groups is 1. The number of thiocarbonyl (C=S) groups is 1. The molecule has 0 saturated heterocycles. The standard InChI is InChI=1S/C13H11FN2OS2/c1-7-2-5-11(19-7)13(17)16-8-3-4-10(14)9(6-8)12(15)18/h2-6H,1H3,(H2,15,18)(H,16,17). The van der Waals surface area contributed by atoms with Gasteiger partial charge in [0.25, 0.3) is 5.91 Å². The number of anilines is 1. The van der Waals surface area contributed by atoms with Crippen LogP contribution in [0.25, 0.3) is 0 Å². The van der Waals surface area contributed by atoms with Crippen molar-refractivity contribution in [3.8, 4) is 0 Å². The van der Waals surface area contributed by atoms with Gasteiger partial charge in [-0.3, -0.25) is 4.79 Å². The van der Waals surface area contributed by atoms with Gasteiger partial charge >= 0.3 is 0 Å². The van der Waals surface area contributed by atoms with E-state index in [1.165, 1.54) is 29.5 Å². The predicted octanol–water partition coefficient (Wildman–Crippen LogP) is 3.08. The van der Waals surface area contributed by atoms with Crippen LogP contribution in [0.2, 0.25) is 0 Å². The zero-order valence-electron chi connectivity index (χ0n) is 10.1. The van der Waals surface area contributed by atoms with Gasteiger partial charge in [0.15, 0.2) is 0 Å². The van der Waals surface area contributed by atoms with E-state index in [2.05, 4.69) is 5.32 Å². The molecule has 1 aromatic heterocycles. The number of aryl methyl sites for hydroxylation is 1. The van der Waals surface area contributed by atoms with E-state index < -0.39 is 5.82 Å². The van der Waals surface area contributed by atoms with Crippen LogP contribution in [-0.2, 0) is 0 Å². The highest BCUT2D eigenvalue weighted by molar-refractivity contribution is 7.80. The maximum absolute atomic E-state index is 13.4. The molecule has 0 aliphatic rings. The number of hydrogen-bond acceptors (Lipinski definition) is 3. The summed E-state index contributed by atoms with van der Waals surface area (Å²) in [6.07, 6.45) is 0. The second-order valence-corrected chi connectivity index (χ2v) is 5.65. The van der Waals surface area contributed by atoms with Gasteiger partial charge in [-0.1, -0.05) is 12.2 Å². The van der Waals surface area contributed by atoms with Gasteiger partial charge in [0.05, 0.1) is 4.88 Å². The normalized spacial score (nSPS) is 10.2. The van der Waals surface area contributed by atoms with Crippen molar-refractivity contribution in [1.82, 2.24) is 0 Å². The molecule has 0 aliphatic heterocycles. The monoisotopic (exact) mass is 294 g/mol. The topological polar surface area (TPSA) is 55.1 Å². The first-order valence-electron chi connectivity index (χ1n) is 5.44. The highest BCUT2D eigenvalue weighted by Gasteiger charge is 2.11. The van der Waals surface area contributed by atoms with Crippen LogP contribution in [0, 0.1) is 12.7 Å². The predicted molar refractivity (Wildman–Crippen MR) is 79.3 cm³/mol. The van der Waals surface area contributed by atoms with Crippen molar-refractivity contribution in [1.29, 1.82) is 0 Å². The Morgan fingerprint density at radius 3 is 2.68 bits per heavy atom. The van der Waals surface area contributed by atoms with Crippen molar-refractivity contribution in [2.75, 3.05) is 5.32 Å². The van der Waals surface area contributed by atoms with Crippen molar-refractivity contribution in [2.24, 2.45) is 5.73 Å². The minimum absolute atomic E-state index is 0.0411. The molecule has 0 spiro atoms. The van der Waals surface area contributed by atoms with Crippen LogP contribution in [0.15, 0.2) is 30.3 Å². The Kier molecular flexibility index (Phi) is 3.92. The van der Waals surface area contributed by atoms with Gasteiger partial charge in [-0.25, -0.2) is 4.39 Å². The van der Waals surface area contributed by atoms with Gasteiger partial charge in [-0.15, -0.1) is 11.3 Å². The van der Waals surface area contributed by atoms with Gasteiger partial charge in [0.1, 0.15) is 10.8 Å². The molecule has 3 N–H and O–H groups in total. The quantitative estimate of drug-likeness (QED) is 0.855. The third-order valence-electron chi connectivity index (χ3n) is 2.45. The van der Waals surface area contributed by atoms with Gasteiger partial charge < -0.3 is 11.1 Å². The van der Waals surface area contributed by atoms with Crippen LogP contribution in [0.3, 0.4) is 0 Å². The van der Waals surface area contributed by atoms with Crippen molar-refractivity contribution in [2.45, 2.75) is 6.92 Å². The number of amides is 1. The highest BCUT2D eigenvalue weighted by atomic mass is 32.1. The summed E-state index contributed by atoms with van der Waals surface area (Å²) >= 11 is 6.14. The molecular formula is C13H11FN2OS2. The molecule has 0 saturated carbocycles. The van der Waals surface area contributed by atoms with E-state index in [9.17, 15) is 9.18 Å². The van der Waals surface area contributed by atoms with Gasteiger partial charge in [0, 0.05) is 16.1 Å². The first kappa shape index (κ1) is 13.6. The molecule has 3 nitrogen and oxygen atoms in total. The van der Waals surface area contributed by atoms with E-state index in [0.29, 0.717) is 10.6 Å². The lowest BCUT2D eigenvalue weighted by Gasteiger charge is -2.06. The van der Waals surface area contributed by atoms with Crippen molar-refractivity contribution in [3.05, 3.63) is 51.5 Å². The summed E-state index contributed by atoms with van der Waals surface area (Å²) in [5, 5.41) is 2.68. The van der Waals surface area contributed by atoms with Crippen LogP contribution in [-0.4, -0.2) is 10.9 Å². The molecule has 1 amide bonds. The number of thiophene rings is 1. The Hall–Kier alpha value is -1.79. The SMILES string of the molecule is Cc1ccc(C(=O)Nc2ccc(F)c(C(N)=S)c2)s1. The average molecular weight is 294 g/mol. The maximum Gasteiger partial charge on any atom is 0.265 e. The summed E-state index contributed by atoms with van der Waals surface area (Å²) in [7, 11) is 0. The average Bonchev–Trinajstić information content (AvgIpc) is 2.78. The summed E-state index contributed by atoms with van der Waals surface area (Å²) < 4.78 is 13.4. The zero-order chi connectivity index (χ0) is 14.0. The Morgan fingerprint density at radius 2 is 2.11 bits per heavy atom. The Balaban J connectivity index is 2.22. The Morgan fingerprint density at radius 1 is 1.37 bits per heavy atom. The summed E-state index contributed by atoms with van der Waals surface area (Å²) in [6, 6.07) is 7.73. The third kappa shape index (κ3) is 3.15. The number of hydrogen-bond donors (Lipinski definition) is 2. The highest BCUT2D eigenvalue weighted by Crippen LogP contribution is 2.19. The minimum Gasteiger partial charge on any atom is -0.389 e. The molecule has 2 rings (SSSR count). The molecule has 98 valence electrons. The molecule has 0 radical (unpaired) electrons. The van der Waals surface area contributed by atoms with Gasteiger partial charge in [-0.05, 0) is 37.3 Å². The van der Waals surface area contributed by atoms with E-state index in [-0.39, 0.29) is 16.5 Å². The smallest absolute Gasteiger partial charge is 0.265 e. The number of carbonyl (C=O) groups excluding carboxylic acids is 1. The first-order valence-corrected chi connectivity index (χ1v) is 6.67. The first-order chi connectivity index (χ1) is 8.97. The zero-order valence-corrected chi connectivity index (χ0v) is 11.7. The minimum atomic E-state index is -0.502. The van der Waals surface area contributed by atoms with E-state index >= 15 is 0 Å². The van der Waals surface area contributed by atoms with Crippen LogP contribution in [0.4, 0.5) is 10.1 Å². The lowest BCUT2D eigenvalue weighted by molar-refractivity contribution is 0.103. The Bertz CT molecular complexity index is 652. The van der Waals surface area contributed by atoms with Crippen LogP contribution in [0.5, 0.6) is 0 Å². The second-order valence-electron chi connectivity index (χ2n) is 3.92. The van der Waals surface area contributed by atoms with Gasteiger partial charge in [0.2, 0.25) is 0 Å².